The third-order valence-corrected chi connectivity index (χ3v) is 7.58. The van der Waals surface area contributed by atoms with Crippen LogP contribution in [0.25, 0.3) is 65.3 Å². The maximum Gasteiger partial charge on any atom is 0.0167 e. The van der Waals surface area contributed by atoms with E-state index in [-0.39, 0.29) is 20.1 Å². The second-order valence-corrected chi connectivity index (χ2v) is 10.2. The van der Waals surface area contributed by atoms with Crippen LogP contribution < -0.4 is 0 Å². The predicted molar refractivity (Wildman–Crippen MR) is 164 cm³/mol. The predicted octanol–water partition coefficient (Wildman–Crippen LogP) is 9.76. The molecule has 40 heavy (non-hydrogen) atoms. The topological polar surface area (TPSA) is 25.8 Å². The molecule has 8 rings (SSSR count). The molecule has 0 aliphatic heterocycles. The molecule has 6 aromatic carbocycles. The van der Waals surface area contributed by atoms with Crippen LogP contribution in [0, 0.1) is 12.1 Å². The second-order valence-electron chi connectivity index (χ2n) is 10.2. The van der Waals surface area contributed by atoms with Crippen molar-refractivity contribution >= 4 is 54.0 Å². The smallest absolute Gasteiger partial charge is 0.0167 e. The fraction of sp³-hybridized carbons (Fsp3) is 0.0811. The van der Waals surface area contributed by atoms with Gasteiger partial charge in [0.2, 0.25) is 0 Å². The van der Waals surface area contributed by atoms with Gasteiger partial charge in [0.05, 0.1) is 0 Å². The molecule has 195 valence electrons. The molecule has 0 aliphatic rings. The van der Waals surface area contributed by atoms with Crippen molar-refractivity contribution in [3.05, 3.63) is 133 Å². The summed E-state index contributed by atoms with van der Waals surface area (Å²) in [5, 5.41) is 11.5. The molecule has 0 N–H and O–H groups in total. The van der Waals surface area contributed by atoms with Crippen LogP contribution in [0.3, 0.4) is 0 Å². The van der Waals surface area contributed by atoms with Gasteiger partial charge in [0.15, 0.2) is 0 Å². The van der Waals surface area contributed by atoms with Crippen molar-refractivity contribution in [3.63, 3.8) is 0 Å². The Morgan fingerprint density at radius 3 is 2.00 bits per heavy atom. The van der Waals surface area contributed by atoms with Gasteiger partial charge in [-0.15, -0.1) is 65.0 Å². The summed E-state index contributed by atoms with van der Waals surface area (Å²) in [6.07, 6.45) is 3.73. The Hall–Kier alpha value is -4.17. The zero-order chi connectivity index (χ0) is 26.3. The third-order valence-electron chi connectivity index (χ3n) is 7.58. The summed E-state index contributed by atoms with van der Waals surface area (Å²) in [4.78, 5) is 9.03. The van der Waals surface area contributed by atoms with Crippen LogP contribution in [0.1, 0.15) is 25.3 Å². The van der Waals surface area contributed by atoms with Crippen LogP contribution in [-0.2, 0) is 20.1 Å². The first-order chi connectivity index (χ1) is 19.2. The minimum atomic E-state index is 0. The van der Waals surface area contributed by atoms with Crippen molar-refractivity contribution in [1.82, 2.24) is 9.97 Å². The van der Waals surface area contributed by atoms with E-state index >= 15 is 0 Å². The Kier molecular flexibility index (Phi) is 7.02. The molecule has 0 amide bonds. The quantitative estimate of drug-likeness (QED) is 0.103. The Balaban J connectivity index is 0.000000188. The van der Waals surface area contributed by atoms with E-state index in [9.17, 15) is 0 Å². The first kappa shape index (κ1) is 26.1. The van der Waals surface area contributed by atoms with Gasteiger partial charge in [0.1, 0.15) is 0 Å². The van der Waals surface area contributed by atoms with Gasteiger partial charge in [-0.2, -0.15) is 0 Å². The van der Waals surface area contributed by atoms with Crippen LogP contribution in [-0.4, -0.2) is 9.97 Å². The summed E-state index contributed by atoms with van der Waals surface area (Å²) >= 11 is 0. The number of benzene rings is 6. The summed E-state index contributed by atoms with van der Waals surface area (Å²) < 4.78 is 0. The maximum atomic E-state index is 4.81. The van der Waals surface area contributed by atoms with Crippen LogP contribution in [0.15, 0.2) is 116 Å². The van der Waals surface area contributed by atoms with Crippen molar-refractivity contribution in [2.45, 2.75) is 19.8 Å². The molecule has 0 saturated carbocycles. The van der Waals surface area contributed by atoms with Gasteiger partial charge in [-0.25, -0.2) is 0 Å². The molecule has 2 heterocycles. The fourth-order valence-corrected chi connectivity index (χ4v) is 5.68. The third kappa shape index (κ3) is 4.32. The van der Waals surface area contributed by atoms with Gasteiger partial charge in [0.25, 0.3) is 0 Å². The van der Waals surface area contributed by atoms with E-state index < -0.39 is 0 Å². The Bertz CT molecular complexity index is 2050. The zero-order valence-corrected chi connectivity index (χ0v) is 24.7. The van der Waals surface area contributed by atoms with Gasteiger partial charge >= 0.3 is 0 Å². The monoisotopic (exact) mass is 691 g/mol. The van der Waals surface area contributed by atoms with E-state index in [1.165, 1.54) is 48.7 Å². The average molecular weight is 691 g/mol. The molecular formula is C37H26IrN2-2. The standard InChI is InChI=1S/C26H18N.C11H8N.Ir/c1-15(2)16-10-11-22-23(14-16)20-9-5-8-19-17-6-3-4-7-18(17)21-12-13-27-26(22)25(21)24(19)20;1-2-6-10(7-3-1)11-8-4-5-9-12-11;/h3-10,12-15H,1-2H3;1-6,8-9H;/q2*-1;. The fourth-order valence-electron chi connectivity index (χ4n) is 5.68. The van der Waals surface area contributed by atoms with E-state index in [0.29, 0.717) is 5.92 Å². The molecule has 0 spiro atoms. The largest absolute Gasteiger partial charge is 0.305 e. The van der Waals surface area contributed by atoms with Gasteiger partial charge in [-0.3, -0.25) is 0 Å². The number of hydrogen-bond acceptors (Lipinski definition) is 2. The molecule has 0 fully saturated rings. The van der Waals surface area contributed by atoms with Gasteiger partial charge in [-0.1, -0.05) is 85.1 Å². The summed E-state index contributed by atoms with van der Waals surface area (Å²) in [5.41, 5.74) is 4.39. The summed E-state index contributed by atoms with van der Waals surface area (Å²) in [5.74, 6) is 0.479. The number of rotatable bonds is 2. The molecule has 0 aliphatic carbocycles. The van der Waals surface area contributed by atoms with Crippen molar-refractivity contribution in [2.24, 2.45) is 0 Å². The molecule has 0 unspecified atom stereocenters. The van der Waals surface area contributed by atoms with Crippen molar-refractivity contribution in [1.29, 1.82) is 0 Å². The van der Waals surface area contributed by atoms with Gasteiger partial charge < -0.3 is 9.97 Å². The number of nitrogens with zero attached hydrogens (tertiary/aromatic N) is 2. The van der Waals surface area contributed by atoms with Gasteiger partial charge in [0, 0.05) is 32.5 Å². The molecule has 2 aromatic heterocycles. The molecular weight excluding hydrogens is 665 g/mol. The molecule has 0 bridgehead atoms. The van der Waals surface area contributed by atoms with E-state index in [4.69, 9.17) is 4.98 Å². The van der Waals surface area contributed by atoms with Crippen LogP contribution in [0.5, 0.6) is 0 Å². The first-order valence-electron chi connectivity index (χ1n) is 13.4. The average Bonchev–Trinajstić information content (AvgIpc) is 3.01. The molecule has 2 nitrogen and oxygen atoms in total. The van der Waals surface area contributed by atoms with Crippen molar-refractivity contribution in [2.75, 3.05) is 0 Å². The van der Waals surface area contributed by atoms with E-state index in [2.05, 4.69) is 91.6 Å². The number of pyridine rings is 2. The number of fused-ring (bicyclic) bond motifs is 6. The van der Waals surface area contributed by atoms with E-state index in [0.717, 1.165) is 22.2 Å². The summed E-state index contributed by atoms with van der Waals surface area (Å²) in [6.45, 7) is 4.47. The second kappa shape index (κ2) is 10.8. The van der Waals surface area contributed by atoms with Gasteiger partial charge in [-0.05, 0) is 55.7 Å². The summed E-state index contributed by atoms with van der Waals surface area (Å²) in [7, 11) is 0. The van der Waals surface area contributed by atoms with Crippen LogP contribution in [0.4, 0.5) is 0 Å². The van der Waals surface area contributed by atoms with E-state index in [1.807, 2.05) is 48.7 Å². The zero-order valence-electron chi connectivity index (χ0n) is 22.3. The van der Waals surface area contributed by atoms with Crippen LogP contribution in [0.2, 0.25) is 0 Å². The minimum Gasteiger partial charge on any atom is -0.305 e. The normalized spacial score (nSPS) is 11.3. The minimum absolute atomic E-state index is 0. The summed E-state index contributed by atoms with van der Waals surface area (Å²) in [6, 6.07) is 42.4. The van der Waals surface area contributed by atoms with Crippen molar-refractivity contribution < 1.29 is 20.1 Å². The SMILES string of the molecule is CC(C)c1c[c-]c2c(c1)c1cccc3c4ccccc4c4ccnc2c4c13.[Ir].[c-]1ccccc1-c1ccccn1. The maximum absolute atomic E-state index is 4.81. The Labute approximate surface area is 247 Å². The van der Waals surface area contributed by atoms with E-state index in [1.54, 1.807) is 6.20 Å². The van der Waals surface area contributed by atoms with Crippen molar-refractivity contribution in [3.8, 4) is 11.3 Å². The van der Waals surface area contributed by atoms with Crippen LogP contribution >= 0.6 is 0 Å². The molecule has 0 saturated heterocycles. The molecule has 0 atom stereocenters. The Morgan fingerprint density at radius 1 is 0.600 bits per heavy atom. The number of aromatic nitrogens is 2. The molecule has 8 aromatic rings. The Morgan fingerprint density at radius 2 is 1.30 bits per heavy atom. The molecule has 3 heteroatoms. The number of hydrogen-bond donors (Lipinski definition) is 0. The first-order valence-corrected chi connectivity index (χ1v) is 13.4. The molecule has 1 radical (unpaired) electrons.